The van der Waals surface area contributed by atoms with Crippen LogP contribution in [0.1, 0.15) is 40.0 Å². The Labute approximate surface area is 196 Å². The zero-order valence-electron chi connectivity index (χ0n) is 19.3. The van der Waals surface area contributed by atoms with Crippen LogP contribution in [0.15, 0.2) is 36.8 Å². The Kier molecular flexibility index (Phi) is 5.57. The van der Waals surface area contributed by atoms with Crippen molar-refractivity contribution in [2.75, 3.05) is 31.1 Å². The molecule has 5 rings (SSSR count). The van der Waals surface area contributed by atoms with Crippen molar-refractivity contribution in [1.82, 2.24) is 29.6 Å². The number of thiophene rings is 1. The van der Waals surface area contributed by atoms with Crippen LogP contribution in [-0.2, 0) is 0 Å². The van der Waals surface area contributed by atoms with Crippen molar-refractivity contribution < 1.29 is 4.79 Å². The number of amides is 1. The van der Waals surface area contributed by atoms with Crippen LogP contribution in [0, 0.1) is 13.8 Å². The lowest BCUT2D eigenvalue weighted by Gasteiger charge is -2.34. The van der Waals surface area contributed by atoms with Crippen molar-refractivity contribution in [2.45, 2.75) is 33.7 Å². The second-order valence-electron chi connectivity index (χ2n) is 8.63. The van der Waals surface area contributed by atoms with Crippen molar-refractivity contribution in [1.29, 1.82) is 0 Å². The van der Waals surface area contributed by atoms with Crippen LogP contribution in [-0.4, -0.2) is 61.7 Å². The first-order chi connectivity index (χ1) is 15.9. The second kappa shape index (κ2) is 8.55. The Morgan fingerprint density at radius 3 is 2.42 bits per heavy atom. The zero-order valence-corrected chi connectivity index (χ0v) is 20.1. The van der Waals surface area contributed by atoms with Crippen LogP contribution in [0.4, 0.5) is 5.95 Å². The summed E-state index contributed by atoms with van der Waals surface area (Å²) in [5.74, 6) is 0.727. The monoisotopic (exact) mass is 461 g/mol. The molecule has 4 aromatic rings. The van der Waals surface area contributed by atoms with Gasteiger partial charge in [-0.25, -0.2) is 19.6 Å². The maximum absolute atomic E-state index is 13.7. The third-order valence-electron chi connectivity index (χ3n) is 6.01. The molecule has 8 nitrogen and oxygen atoms in total. The van der Waals surface area contributed by atoms with Gasteiger partial charge in [-0.3, -0.25) is 4.79 Å². The van der Waals surface area contributed by atoms with Crippen LogP contribution in [0.3, 0.4) is 0 Å². The third kappa shape index (κ3) is 3.97. The van der Waals surface area contributed by atoms with E-state index >= 15 is 0 Å². The van der Waals surface area contributed by atoms with E-state index in [1.54, 1.807) is 29.9 Å². The summed E-state index contributed by atoms with van der Waals surface area (Å²) in [4.78, 5) is 33.8. The lowest BCUT2D eigenvalue weighted by atomic mass is 10.1. The number of nitrogens with zero attached hydrogens (tertiary/aromatic N) is 7. The zero-order chi connectivity index (χ0) is 23.1. The van der Waals surface area contributed by atoms with Gasteiger partial charge >= 0.3 is 0 Å². The van der Waals surface area contributed by atoms with Gasteiger partial charge in [-0.1, -0.05) is 0 Å². The predicted octanol–water partition coefficient (Wildman–Crippen LogP) is 4.11. The smallest absolute Gasteiger partial charge is 0.254 e. The number of piperazine rings is 1. The highest BCUT2D eigenvalue weighted by Gasteiger charge is 2.27. The van der Waals surface area contributed by atoms with Crippen LogP contribution < -0.4 is 4.90 Å². The Morgan fingerprint density at radius 1 is 1.06 bits per heavy atom. The maximum atomic E-state index is 13.7. The molecular formula is C24H27N7OS. The lowest BCUT2D eigenvalue weighted by Crippen LogP contribution is -2.49. The van der Waals surface area contributed by atoms with Gasteiger partial charge in [0.2, 0.25) is 5.95 Å². The first-order valence-corrected chi connectivity index (χ1v) is 12.0. The topological polar surface area (TPSA) is 80.0 Å². The number of carbonyl (C=O) groups is 1. The molecule has 1 saturated heterocycles. The van der Waals surface area contributed by atoms with E-state index in [9.17, 15) is 4.79 Å². The van der Waals surface area contributed by atoms with Crippen molar-refractivity contribution in [2.24, 2.45) is 0 Å². The average Bonchev–Trinajstić information content (AvgIpc) is 3.41. The lowest BCUT2D eigenvalue weighted by molar-refractivity contribution is 0.0748. The first kappa shape index (κ1) is 21.5. The van der Waals surface area contributed by atoms with Gasteiger partial charge in [0.25, 0.3) is 5.91 Å². The van der Waals surface area contributed by atoms with E-state index in [0.29, 0.717) is 37.7 Å². The molecule has 0 atom stereocenters. The molecule has 9 heteroatoms. The number of aromatic nitrogens is 5. The first-order valence-electron chi connectivity index (χ1n) is 11.2. The summed E-state index contributed by atoms with van der Waals surface area (Å²) >= 11 is 1.75. The van der Waals surface area contributed by atoms with Crippen LogP contribution >= 0.6 is 11.3 Å². The highest BCUT2D eigenvalue weighted by molar-refractivity contribution is 7.12. The van der Waals surface area contributed by atoms with Gasteiger partial charge in [-0.05, 0) is 45.9 Å². The minimum atomic E-state index is 0.0187. The number of fused-ring (bicyclic) bond motifs is 1. The van der Waals surface area contributed by atoms with Crippen molar-refractivity contribution in [3.05, 3.63) is 52.1 Å². The molecule has 0 radical (unpaired) electrons. The molecule has 4 aromatic heterocycles. The minimum absolute atomic E-state index is 0.0187. The molecule has 170 valence electrons. The summed E-state index contributed by atoms with van der Waals surface area (Å²) in [6.07, 6.45) is 5.27. The van der Waals surface area contributed by atoms with Gasteiger partial charge in [-0.2, -0.15) is 5.10 Å². The minimum Gasteiger partial charge on any atom is -0.337 e. The number of hydrogen-bond acceptors (Lipinski definition) is 7. The molecule has 1 aliphatic heterocycles. The molecule has 0 N–H and O–H groups in total. The van der Waals surface area contributed by atoms with Crippen molar-refractivity contribution in [3.63, 3.8) is 0 Å². The molecule has 0 saturated carbocycles. The fraction of sp³-hybridized carbons (Fsp3) is 0.375. The Morgan fingerprint density at radius 2 is 1.79 bits per heavy atom. The normalized spacial score (nSPS) is 14.5. The quantitative estimate of drug-likeness (QED) is 0.455. The number of rotatable bonds is 4. The van der Waals surface area contributed by atoms with Gasteiger partial charge in [0.15, 0.2) is 5.65 Å². The van der Waals surface area contributed by atoms with E-state index in [1.165, 1.54) is 9.75 Å². The molecule has 1 amide bonds. The molecule has 1 aliphatic rings. The molecule has 1 fully saturated rings. The second-order valence-corrected chi connectivity index (χ2v) is 10.1. The van der Waals surface area contributed by atoms with E-state index in [2.05, 4.69) is 53.7 Å². The summed E-state index contributed by atoms with van der Waals surface area (Å²) < 4.78 is 1.90. The molecule has 0 aliphatic carbocycles. The predicted molar refractivity (Wildman–Crippen MR) is 131 cm³/mol. The van der Waals surface area contributed by atoms with Crippen molar-refractivity contribution >= 4 is 34.2 Å². The summed E-state index contributed by atoms with van der Waals surface area (Å²) in [6, 6.07) is 6.05. The van der Waals surface area contributed by atoms with E-state index in [4.69, 9.17) is 4.98 Å². The maximum Gasteiger partial charge on any atom is 0.254 e. The van der Waals surface area contributed by atoms with Crippen molar-refractivity contribution in [3.8, 4) is 11.3 Å². The standard InChI is InChI=1S/C24H27N7OS/c1-15(2)31-22-20(14-27-31)19(13-21(28-22)18-12-16(3)33-17(18)4)23(32)29-8-10-30(11-9-29)24-25-6-5-7-26-24/h5-7,12-15H,8-11H2,1-4H3. The number of aryl methyl sites for hydroxylation is 2. The summed E-state index contributed by atoms with van der Waals surface area (Å²) in [7, 11) is 0. The number of anilines is 1. The third-order valence-corrected chi connectivity index (χ3v) is 6.97. The molecule has 0 aromatic carbocycles. The molecule has 5 heterocycles. The molecular weight excluding hydrogens is 434 g/mol. The van der Waals surface area contributed by atoms with E-state index in [0.717, 1.165) is 22.3 Å². The number of hydrogen-bond donors (Lipinski definition) is 0. The SMILES string of the molecule is Cc1cc(-c2cc(C(=O)N3CCN(c4ncccn4)CC3)c3cnn(C(C)C)c3n2)c(C)s1. The summed E-state index contributed by atoms with van der Waals surface area (Å²) in [6.45, 7) is 11.0. The highest BCUT2D eigenvalue weighted by atomic mass is 32.1. The molecule has 0 bridgehead atoms. The fourth-order valence-corrected chi connectivity index (χ4v) is 5.26. The fourth-order valence-electron chi connectivity index (χ4n) is 4.33. The molecule has 0 unspecified atom stereocenters. The number of carbonyl (C=O) groups excluding carboxylic acids is 1. The van der Waals surface area contributed by atoms with Gasteiger partial charge in [0.05, 0.1) is 22.8 Å². The largest absolute Gasteiger partial charge is 0.337 e. The van der Waals surface area contributed by atoms with Crippen LogP contribution in [0.25, 0.3) is 22.3 Å². The summed E-state index contributed by atoms with van der Waals surface area (Å²) in [5.41, 5.74) is 3.32. The Balaban J connectivity index is 1.50. The average molecular weight is 462 g/mol. The molecule has 33 heavy (non-hydrogen) atoms. The van der Waals surface area contributed by atoms with Gasteiger partial charge in [0, 0.05) is 59.9 Å². The van der Waals surface area contributed by atoms with E-state index in [1.807, 2.05) is 21.7 Å². The molecule has 0 spiro atoms. The highest BCUT2D eigenvalue weighted by Crippen LogP contribution is 2.33. The van der Waals surface area contributed by atoms with Gasteiger partial charge in [-0.15, -0.1) is 11.3 Å². The van der Waals surface area contributed by atoms with Gasteiger partial charge in [0.1, 0.15) is 0 Å². The Bertz CT molecular complexity index is 1300. The van der Waals surface area contributed by atoms with Crippen LogP contribution in [0.2, 0.25) is 0 Å². The number of pyridine rings is 1. The van der Waals surface area contributed by atoms with Gasteiger partial charge < -0.3 is 9.80 Å². The van der Waals surface area contributed by atoms with E-state index in [-0.39, 0.29) is 11.9 Å². The Hall–Kier alpha value is -3.33. The summed E-state index contributed by atoms with van der Waals surface area (Å²) in [5, 5.41) is 5.36. The van der Waals surface area contributed by atoms with Crippen LogP contribution in [0.5, 0.6) is 0 Å². The van der Waals surface area contributed by atoms with E-state index < -0.39 is 0 Å².